The van der Waals surface area contributed by atoms with Crippen LogP contribution in [0.25, 0.3) is 5.65 Å². The lowest BCUT2D eigenvalue weighted by Gasteiger charge is -2.30. The highest BCUT2D eigenvalue weighted by atomic mass is 35.5. The van der Waals surface area contributed by atoms with Crippen LogP contribution in [0.1, 0.15) is 30.1 Å². The van der Waals surface area contributed by atoms with Crippen molar-refractivity contribution in [2.75, 3.05) is 25.0 Å². The molecule has 0 radical (unpaired) electrons. The molecule has 6 nitrogen and oxygen atoms in total. The average Bonchev–Trinajstić information content (AvgIpc) is 3.13. The first kappa shape index (κ1) is 20.6. The van der Waals surface area contributed by atoms with Crippen molar-refractivity contribution in [2.45, 2.75) is 24.9 Å². The van der Waals surface area contributed by atoms with Crippen LogP contribution in [0, 0.1) is 0 Å². The van der Waals surface area contributed by atoms with E-state index in [0.29, 0.717) is 13.1 Å². The fourth-order valence-electron chi connectivity index (χ4n) is 3.74. The molecule has 30 heavy (non-hydrogen) atoms. The van der Waals surface area contributed by atoms with E-state index >= 15 is 0 Å². The molecular weight excluding hydrogens is 419 g/mol. The number of hydrogen-bond acceptors (Lipinski definition) is 4. The van der Waals surface area contributed by atoms with Gasteiger partial charge in [-0.1, -0.05) is 17.7 Å². The number of fused-ring (bicyclic) bond motifs is 1. The fraction of sp³-hybridized carbons (Fsp3) is 0.350. The van der Waals surface area contributed by atoms with Crippen molar-refractivity contribution in [1.29, 1.82) is 0 Å². The molecule has 0 atom stereocenters. The second kappa shape index (κ2) is 8.23. The number of rotatable bonds is 4. The Bertz CT molecular complexity index is 1060. The largest absolute Gasteiger partial charge is 0.418 e. The fourth-order valence-corrected chi connectivity index (χ4v) is 3.91. The van der Waals surface area contributed by atoms with Crippen molar-refractivity contribution in [3.05, 3.63) is 59.0 Å². The summed E-state index contributed by atoms with van der Waals surface area (Å²) in [5.41, 5.74) is -0.458. The molecule has 1 N–H and O–H groups in total. The van der Waals surface area contributed by atoms with E-state index in [1.54, 1.807) is 0 Å². The molecule has 1 amide bonds. The van der Waals surface area contributed by atoms with Crippen LogP contribution >= 0.6 is 11.6 Å². The van der Waals surface area contributed by atoms with Crippen LogP contribution in [0.2, 0.25) is 5.02 Å². The van der Waals surface area contributed by atoms with Gasteiger partial charge in [0.15, 0.2) is 5.65 Å². The number of alkyl halides is 3. The van der Waals surface area contributed by atoms with Gasteiger partial charge in [-0.15, -0.1) is 10.2 Å². The van der Waals surface area contributed by atoms with Gasteiger partial charge in [0.1, 0.15) is 5.82 Å². The number of piperidine rings is 1. The third kappa shape index (κ3) is 4.41. The third-order valence-corrected chi connectivity index (χ3v) is 5.46. The molecule has 1 aliphatic rings. The molecule has 0 unspecified atom stereocenters. The van der Waals surface area contributed by atoms with E-state index in [1.165, 1.54) is 12.1 Å². The van der Waals surface area contributed by atoms with Crippen molar-refractivity contribution in [1.82, 2.24) is 19.5 Å². The molecule has 1 aromatic carbocycles. The van der Waals surface area contributed by atoms with Crippen LogP contribution < -0.4 is 5.32 Å². The highest BCUT2D eigenvalue weighted by Gasteiger charge is 2.34. The van der Waals surface area contributed by atoms with Gasteiger partial charge in [-0.2, -0.15) is 13.2 Å². The molecule has 3 aromatic rings. The van der Waals surface area contributed by atoms with E-state index in [-0.39, 0.29) is 23.2 Å². The molecule has 0 aliphatic carbocycles. The molecule has 1 saturated heterocycles. The van der Waals surface area contributed by atoms with Crippen LogP contribution in [0.3, 0.4) is 0 Å². The standard InChI is InChI=1S/C20H19ClF3N5O/c21-14-4-5-16(15(11-14)20(22,23)24)25-18(30)12-28-9-6-13(7-10-28)19-27-26-17-3-1-2-8-29(17)19/h1-5,8,11,13H,6-7,9-10,12H2,(H,25,30). The summed E-state index contributed by atoms with van der Waals surface area (Å²) in [6, 6.07) is 9.02. The van der Waals surface area contributed by atoms with Gasteiger partial charge in [-0.05, 0) is 56.3 Å². The lowest BCUT2D eigenvalue weighted by Crippen LogP contribution is -2.39. The molecular formula is C20H19ClF3N5O. The number of hydrogen-bond donors (Lipinski definition) is 1. The minimum Gasteiger partial charge on any atom is -0.324 e. The number of anilines is 1. The zero-order valence-electron chi connectivity index (χ0n) is 15.9. The smallest absolute Gasteiger partial charge is 0.324 e. The SMILES string of the molecule is O=C(CN1CCC(c2nnc3ccccn23)CC1)Nc1ccc(Cl)cc1C(F)(F)F. The summed E-state index contributed by atoms with van der Waals surface area (Å²) >= 11 is 5.68. The van der Waals surface area contributed by atoms with Crippen molar-refractivity contribution in [3.8, 4) is 0 Å². The van der Waals surface area contributed by atoms with Gasteiger partial charge in [0.2, 0.25) is 5.91 Å². The molecule has 0 spiro atoms. The number of nitrogens with zero attached hydrogens (tertiary/aromatic N) is 4. The minimum absolute atomic E-state index is 0.0211. The van der Waals surface area contributed by atoms with Gasteiger partial charge >= 0.3 is 6.18 Å². The van der Waals surface area contributed by atoms with Crippen molar-refractivity contribution < 1.29 is 18.0 Å². The second-order valence-corrected chi connectivity index (χ2v) is 7.71. The van der Waals surface area contributed by atoms with Crippen molar-refractivity contribution in [3.63, 3.8) is 0 Å². The summed E-state index contributed by atoms with van der Waals surface area (Å²) in [5.74, 6) is 0.620. The first-order valence-electron chi connectivity index (χ1n) is 9.50. The van der Waals surface area contributed by atoms with Crippen molar-refractivity contribution in [2.24, 2.45) is 0 Å². The quantitative estimate of drug-likeness (QED) is 0.664. The molecule has 0 saturated carbocycles. The highest BCUT2D eigenvalue weighted by molar-refractivity contribution is 6.30. The normalized spacial score (nSPS) is 16.1. The predicted molar refractivity (Wildman–Crippen MR) is 106 cm³/mol. The monoisotopic (exact) mass is 437 g/mol. The van der Waals surface area contributed by atoms with Gasteiger partial charge < -0.3 is 5.32 Å². The Kier molecular flexibility index (Phi) is 5.66. The number of halogens is 4. The first-order chi connectivity index (χ1) is 14.3. The lowest BCUT2D eigenvalue weighted by molar-refractivity contribution is -0.137. The molecule has 0 bridgehead atoms. The van der Waals surface area contributed by atoms with E-state index in [1.807, 2.05) is 33.7 Å². The molecule has 2 aromatic heterocycles. The number of amides is 1. The average molecular weight is 438 g/mol. The molecule has 158 valence electrons. The van der Waals surface area contributed by atoms with Crippen LogP contribution in [0.15, 0.2) is 42.6 Å². The maximum absolute atomic E-state index is 13.2. The van der Waals surface area contributed by atoms with E-state index in [0.717, 1.165) is 30.4 Å². The van der Waals surface area contributed by atoms with Crippen LogP contribution in [0.4, 0.5) is 18.9 Å². The first-order valence-corrected chi connectivity index (χ1v) is 9.87. The molecule has 1 aliphatic heterocycles. The van der Waals surface area contributed by atoms with Gasteiger partial charge in [-0.3, -0.25) is 14.1 Å². The topological polar surface area (TPSA) is 62.5 Å². The number of aromatic nitrogens is 3. The summed E-state index contributed by atoms with van der Waals surface area (Å²) in [7, 11) is 0. The Balaban J connectivity index is 1.36. The maximum Gasteiger partial charge on any atom is 0.418 e. The van der Waals surface area contributed by atoms with Crippen molar-refractivity contribution >= 4 is 28.8 Å². The Morgan fingerprint density at radius 3 is 2.67 bits per heavy atom. The van der Waals surface area contributed by atoms with Crippen LogP contribution in [-0.4, -0.2) is 45.0 Å². The predicted octanol–water partition coefficient (Wildman–Crippen LogP) is 4.22. The Morgan fingerprint density at radius 1 is 1.17 bits per heavy atom. The maximum atomic E-state index is 13.2. The third-order valence-electron chi connectivity index (χ3n) is 5.22. The number of carbonyl (C=O) groups is 1. The van der Waals surface area contributed by atoms with E-state index in [2.05, 4.69) is 15.5 Å². The summed E-state index contributed by atoms with van der Waals surface area (Å²) in [5, 5.41) is 10.8. The molecule has 10 heteroatoms. The van der Waals surface area contributed by atoms with Gasteiger partial charge in [0, 0.05) is 17.1 Å². The molecule has 3 heterocycles. The lowest BCUT2D eigenvalue weighted by atomic mass is 9.96. The number of pyridine rings is 1. The Hall–Kier alpha value is -2.65. The number of nitrogens with one attached hydrogen (secondary N) is 1. The number of likely N-dealkylation sites (tertiary alicyclic amines) is 1. The summed E-state index contributed by atoms with van der Waals surface area (Å²) in [6.45, 7) is 1.31. The Morgan fingerprint density at radius 2 is 1.93 bits per heavy atom. The van der Waals surface area contributed by atoms with E-state index < -0.39 is 17.6 Å². The molecule has 4 rings (SSSR count). The van der Waals surface area contributed by atoms with Crippen LogP contribution in [0.5, 0.6) is 0 Å². The van der Waals surface area contributed by atoms with Crippen LogP contribution in [-0.2, 0) is 11.0 Å². The van der Waals surface area contributed by atoms with E-state index in [4.69, 9.17) is 11.6 Å². The second-order valence-electron chi connectivity index (χ2n) is 7.27. The van der Waals surface area contributed by atoms with Gasteiger partial charge in [0.05, 0.1) is 17.8 Å². The van der Waals surface area contributed by atoms with E-state index in [9.17, 15) is 18.0 Å². The zero-order valence-corrected chi connectivity index (χ0v) is 16.6. The highest BCUT2D eigenvalue weighted by Crippen LogP contribution is 2.36. The Labute approximate surface area is 175 Å². The summed E-state index contributed by atoms with van der Waals surface area (Å²) in [6.07, 6.45) is -1.10. The van der Waals surface area contributed by atoms with Gasteiger partial charge in [0.25, 0.3) is 0 Å². The number of benzene rings is 1. The summed E-state index contributed by atoms with van der Waals surface area (Å²) in [4.78, 5) is 14.3. The number of carbonyl (C=O) groups excluding carboxylic acids is 1. The minimum atomic E-state index is -4.60. The zero-order chi connectivity index (χ0) is 21.3. The summed E-state index contributed by atoms with van der Waals surface area (Å²) < 4.78 is 41.5. The van der Waals surface area contributed by atoms with Gasteiger partial charge in [-0.25, -0.2) is 0 Å². The molecule has 1 fully saturated rings.